The fourth-order valence-corrected chi connectivity index (χ4v) is 2.31. The van der Waals surface area contributed by atoms with Gasteiger partial charge in [0.25, 0.3) is 0 Å². The molecule has 3 rings (SSSR count). The second kappa shape index (κ2) is 4.85. The number of amides is 1. The molecular formula is C15H13N3O2. The highest BCUT2D eigenvalue weighted by atomic mass is 16.2. The van der Waals surface area contributed by atoms with E-state index in [4.69, 9.17) is 0 Å². The summed E-state index contributed by atoms with van der Waals surface area (Å²) in [5.41, 5.74) is 2.37. The maximum atomic E-state index is 12.2. The van der Waals surface area contributed by atoms with Crippen LogP contribution in [0.2, 0.25) is 0 Å². The second-order valence-corrected chi connectivity index (χ2v) is 4.74. The van der Waals surface area contributed by atoms with E-state index >= 15 is 0 Å². The van der Waals surface area contributed by atoms with E-state index in [0.29, 0.717) is 17.8 Å². The van der Waals surface area contributed by atoms with Crippen molar-refractivity contribution in [2.24, 2.45) is 0 Å². The van der Waals surface area contributed by atoms with Gasteiger partial charge in [-0.1, -0.05) is 0 Å². The largest absolute Gasteiger partial charge is 0.315 e. The van der Waals surface area contributed by atoms with Gasteiger partial charge in [-0.25, -0.2) is 9.97 Å². The van der Waals surface area contributed by atoms with Crippen molar-refractivity contribution in [3.63, 3.8) is 0 Å². The molecule has 0 saturated carbocycles. The molecule has 1 aromatic heterocycles. The molecule has 1 amide bonds. The van der Waals surface area contributed by atoms with Crippen LogP contribution in [0, 0.1) is 0 Å². The Labute approximate surface area is 116 Å². The van der Waals surface area contributed by atoms with Gasteiger partial charge in [-0.3, -0.25) is 9.59 Å². The van der Waals surface area contributed by atoms with E-state index < -0.39 is 0 Å². The molecule has 5 nitrogen and oxygen atoms in total. The SMILES string of the molecule is CN1C(=O)Cc2cc(C(=O)Cc3ncccn3)ccc21. The first kappa shape index (κ1) is 12.5. The number of hydrogen-bond acceptors (Lipinski definition) is 4. The van der Waals surface area contributed by atoms with Crippen LogP contribution in [0.3, 0.4) is 0 Å². The number of ketones is 1. The van der Waals surface area contributed by atoms with Crippen LogP contribution in [0.1, 0.15) is 21.7 Å². The molecule has 0 radical (unpaired) electrons. The van der Waals surface area contributed by atoms with Crippen LogP contribution >= 0.6 is 0 Å². The van der Waals surface area contributed by atoms with Crippen molar-refractivity contribution in [2.75, 3.05) is 11.9 Å². The topological polar surface area (TPSA) is 63.2 Å². The fourth-order valence-electron chi connectivity index (χ4n) is 2.31. The van der Waals surface area contributed by atoms with Crippen molar-refractivity contribution in [3.8, 4) is 0 Å². The monoisotopic (exact) mass is 267 g/mol. The van der Waals surface area contributed by atoms with Crippen LogP contribution in [-0.2, 0) is 17.6 Å². The smallest absolute Gasteiger partial charge is 0.231 e. The lowest BCUT2D eigenvalue weighted by Crippen LogP contribution is -2.20. The molecule has 2 heterocycles. The fraction of sp³-hybridized carbons (Fsp3) is 0.200. The Kier molecular flexibility index (Phi) is 3.02. The number of carbonyl (C=O) groups is 2. The zero-order valence-corrected chi connectivity index (χ0v) is 11.0. The van der Waals surface area contributed by atoms with Crippen LogP contribution in [0.4, 0.5) is 5.69 Å². The van der Waals surface area contributed by atoms with Gasteiger partial charge in [0.05, 0.1) is 12.8 Å². The third-order valence-corrected chi connectivity index (χ3v) is 3.42. The molecule has 5 heteroatoms. The van der Waals surface area contributed by atoms with Gasteiger partial charge < -0.3 is 4.90 Å². The standard InChI is InChI=1S/C15H13N3O2/c1-18-12-4-3-10(7-11(12)8-15(18)20)13(19)9-14-16-5-2-6-17-14/h2-7H,8-9H2,1H3. The molecule has 2 aromatic rings. The maximum absolute atomic E-state index is 12.2. The molecule has 0 saturated heterocycles. The van der Waals surface area contributed by atoms with Crippen LogP contribution in [-0.4, -0.2) is 28.7 Å². The first-order chi connectivity index (χ1) is 9.65. The number of nitrogens with zero attached hydrogens (tertiary/aromatic N) is 3. The van der Waals surface area contributed by atoms with E-state index in [1.807, 2.05) is 6.07 Å². The van der Waals surface area contributed by atoms with Gasteiger partial charge in [-0.2, -0.15) is 0 Å². The number of hydrogen-bond donors (Lipinski definition) is 0. The van der Waals surface area contributed by atoms with Gasteiger partial charge in [0.2, 0.25) is 5.91 Å². The quantitative estimate of drug-likeness (QED) is 0.789. The molecule has 1 aromatic carbocycles. The summed E-state index contributed by atoms with van der Waals surface area (Å²) in [7, 11) is 1.74. The van der Waals surface area contributed by atoms with Crippen molar-refractivity contribution < 1.29 is 9.59 Å². The molecule has 100 valence electrons. The molecule has 0 N–H and O–H groups in total. The molecular weight excluding hydrogens is 254 g/mol. The number of carbonyl (C=O) groups excluding carboxylic acids is 2. The molecule has 1 aliphatic heterocycles. The Hall–Kier alpha value is -2.56. The van der Waals surface area contributed by atoms with E-state index in [1.54, 1.807) is 42.5 Å². The number of rotatable bonds is 3. The molecule has 0 aliphatic carbocycles. The van der Waals surface area contributed by atoms with Crippen LogP contribution in [0.5, 0.6) is 0 Å². The number of benzene rings is 1. The van der Waals surface area contributed by atoms with Crippen molar-refractivity contribution in [1.29, 1.82) is 0 Å². The number of fused-ring (bicyclic) bond motifs is 1. The van der Waals surface area contributed by atoms with Crippen molar-refractivity contribution >= 4 is 17.4 Å². The number of anilines is 1. The summed E-state index contributed by atoms with van der Waals surface area (Å²) in [5, 5.41) is 0. The number of aromatic nitrogens is 2. The molecule has 0 unspecified atom stereocenters. The summed E-state index contributed by atoms with van der Waals surface area (Å²) >= 11 is 0. The first-order valence-corrected chi connectivity index (χ1v) is 6.34. The third-order valence-electron chi connectivity index (χ3n) is 3.42. The maximum Gasteiger partial charge on any atom is 0.231 e. The van der Waals surface area contributed by atoms with E-state index in [9.17, 15) is 9.59 Å². The van der Waals surface area contributed by atoms with Gasteiger partial charge in [-0.05, 0) is 29.8 Å². The molecule has 0 bridgehead atoms. The lowest BCUT2D eigenvalue weighted by molar-refractivity contribution is -0.117. The summed E-state index contributed by atoms with van der Waals surface area (Å²) in [6.07, 6.45) is 3.76. The normalized spacial score (nSPS) is 13.4. The Morgan fingerprint density at radius 3 is 2.80 bits per heavy atom. The Balaban J connectivity index is 1.84. The molecule has 0 spiro atoms. The van der Waals surface area contributed by atoms with Gasteiger partial charge in [0.15, 0.2) is 5.78 Å². The highest BCUT2D eigenvalue weighted by molar-refractivity contribution is 6.03. The average Bonchev–Trinajstić information content (AvgIpc) is 2.74. The Morgan fingerprint density at radius 1 is 1.30 bits per heavy atom. The Morgan fingerprint density at radius 2 is 2.05 bits per heavy atom. The van der Waals surface area contributed by atoms with Crippen LogP contribution in [0.15, 0.2) is 36.7 Å². The van der Waals surface area contributed by atoms with E-state index in [0.717, 1.165) is 11.3 Å². The summed E-state index contributed by atoms with van der Waals surface area (Å²) in [5.74, 6) is 0.517. The van der Waals surface area contributed by atoms with E-state index in [-0.39, 0.29) is 18.1 Å². The van der Waals surface area contributed by atoms with Gasteiger partial charge in [0, 0.05) is 30.7 Å². The highest BCUT2D eigenvalue weighted by Crippen LogP contribution is 2.28. The van der Waals surface area contributed by atoms with Gasteiger partial charge in [-0.15, -0.1) is 0 Å². The highest BCUT2D eigenvalue weighted by Gasteiger charge is 2.24. The number of likely N-dealkylation sites (N-methyl/N-ethyl adjacent to an activating group) is 1. The minimum Gasteiger partial charge on any atom is -0.315 e. The summed E-state index contributed by atoms with van der Waals surface area (Å²) in [6.45, 7) is 0. The lowest BCUT2D eigenvalue weighted by Gasteiger charge is -2.10. The molecule has 1 aliphatic rings. The van der Waals surface area contributed by atoms with E-state index in [1.165, 1.54) is 0 Å². The Bertz CT molecular complexity index is 683. The first-order valence-electron chi connectivity index (χ1n) is 6.34. The zero-order chi connectivity index (χ0) is 14.1. The lowest BCUT2D eigenvalue weighted by atomic mass is 10.0. The third kappa shape index (κ3) is 2.18. The molecule has 20 heavy (non-hydrogen) atoms. The average molecular weight is 267 g/mol. The summed E-state index contributed by atoms with van der Waals surface area (Å²) in [6, 6.07) is 7.07. The van der Waals surface area contributed by atoms with Crippen molar-refractivity contribution in [3.05, 3.63) is 53.6 Å². The van der Waals surface area contributed by atoms with Gasteiger partial charge in [0.1, 0.15) is 5.82 Å². The van der Waals surface area contributed by atoms with Gasteiger partial charge >= 0.3 is 0 Å². The minimum absolute atomic E-state index is 0.0407. The molecule has 0 fully saturated rings. The summed E-state index contributed by atoms with van der Waals surface area (Å²) in [4.78, 5) is 33.5. The van der Waals surface area contributed by atoms with E-state index in [2.05, 4.69) is 9.97 Å². The van der Waals surface area contributed by atoms with Crippen LogP contribution < -0.4 is 4.90 Å². The zero-order valence-electron chi connectivity index (χ0n) is 11.0. The predicted octanol–water partition coefficient (Wildman–Crippen LogP) is 1.42. The molecule has 0 atom stereocenters. The predicted molar refractivity (Wildman–Crippen MR) is 73.6 cm³/mol. The van der Waals surface area contributed by atoms with Crippen molar-refractivity contribution in [2.45, 2.75) is 12.8 Å². The number of Topliss-reactive ketones (excluding diaryl/α,β-unsaturated/α-hetero) is 1. The van der Waals surface area contributed by atoms with Crippen molar-refractivity contribution in [1.82, 2.24) is 9.97 Å². The van der Waals surface area contributed by atoms with Crippen LogP contribution in [0.25, 0.3) is 0 Å². The summed E-state index contributed by atoms with van der Waals surface area (Å²) < 4.78 is 0. The second-order valence-electron chi connectivity index (χ2n) is 4.74. The minimum atomic E-state index is -0.0407.